The van der Waals surface area contributed by atoms with E-state index < -0.39 is 5.60 Å². The van der Waals surface area contributed by atoms with Gasteiger partial charge in [-0.25, -0.2) is 4.98 Å². The van der Waals surface area contributed by atoms with Gasteiger partial charge in [0.2, 0.25) is 11.8 Å². The molecule has 2 heterocycles. The second kappa shape index (κ2) is 14.8. The van der Waals surface area contributed by atoms with E-state index in [-0.39, 0.29) is 48.3 Å². The standard InChI is InChI=1S/C35H42ClN7O5/c1-22(36)27-11-7-24(17-29(27)37-2)32(45)40-25-8-5-23(6-9-25)33(46)42-15-13-35(48,14-16-42)20-43-21-38-30-18-26(10-12-28(30)34(43)47)39-31(44)19-41(3)4/h7,10-12,17-18,21,23,25,48H,1-2,5-6,8-9,13-16,19-20H2,3-4H3,(H,39,44)(H,40,45). The van der Waals surface area contributed by atoms with Crippen LogP contribution in [-0.4, -0.2) is 94.3 Å². The Morgan fingerprint density at radius 1 is 1.10 bits per heavy atom. The number of carbonyl (C=O) groups is 3. The monoisotopic (exact) mass is 675 g/mol. The summed E-state index contributed by atoms with van der Waals surface area (Å²) in [7, 11) is 3.61. The SMILES string of the molecule is C=Nc1cc(C(=O)NC2CCC(C(=O)N3CCC(O)(Cn4cnc5cc(NC(=O)CN(C)C)ccc5c4=O)CC3)CC2)ccc1C(=C)Cl. The fraction of sp³-hybridized carbons (Fsp3) is 0.429. The van der Waals surface area contributed by atoms with Crippen LogP contribution in [0.2, 0.25) is 0 Å². The van der Waals surface area contributed by atoms with Crippen LogP contribution in [0.5, 0.6) is 0 Å². The molecule has 1 saturated heterocycles. The molecule has 2 fully saturated rings. The Morgan fingerprint density at radius 3 is 2.46 bits per heavy atom. The molecule has 1 aliphatic heterocycles. The highest BCUT2D eigenvalue weighted by Gasteiger charge is 2.37. The third kappa shape index (κ3) is 8.18. The minimum atomic E-state index is -1.16. The Labute approximate surface area is 284 Å². The Balaban J connectivity index is 1.11. The number of carbonyl (C=O) groups excluding carboxylic acids is 3. The number of piperidine rings is 1. The van der Waals surface area contributed by atoms with E-state index in [4.69, 9.17) is 11.6 Å². The lowest BCUT2D eigenvalue weighted by molar-refractivity contribution is -0.141. The van der Waals surface area contributed by atoms with Gasteiger partial charge in [-0.2, -0.15) is 0 Å². The van der Waals surface area contributed by atoms with E-state index in [9.17, 15) is 24.3 Å². The molecule has 0 bridgehead atoms. The summed E-state index contributed by atoms with van der Waals surface area (Å²) in [6.45, 7) is 8.35. The van der Waals surface area contributed by atoms with Gasteiger partial charge in [-0.1, -0.05) is 24.2 Å². The molecule has 5 rings (SSSR count). The molecule has 3 amide bonds. The molecule has 0 atom stereocenters. The minimum absolute atomic E-state index is 0.0434. The van der Waals surface area contributed by atoms with E-state index in [0.717, 1.165) is 0 Å². The number of aliphatic imine (C=N–C) groups is 1. The molecule has 3 N–H and O–H groups in total. The summed E-state index contributed by atoms with van der Waals surface area (Å²) in [5, 5.41) is 18.0. The molecule has 254 valence electrons. The van der Waals surface area contributed by atoms with Crippen molar-refractivity contribution in [2.75, 3.05) is 39.0 Å². The second-order valence-corrected chi connectivity index (χ2v) is 13.5. The van der Waals surface area contributed by atoms with Crippen molar-refractivity contribution in [1.29, 1.82) is 0 Å². The zero-order chi connectivity index (χ0) is 34.6. The molecule has 2 aromatic carbocycles. The minimum Gasteiger partial charge on any atom is -0.388 e. The van der Waals surface area contributed by atoms with Crippen molar-refractivity contribution in [3.63, 3.8) is 0 Å². The maximum Gasteiger partial charge on any atom is 0.261 e. The summed E-state index contributed by atoms with van der Waals surface area (Å²) >= 11 is 6.01. The van der Waals surface area contributed by atoms with Crippen LogP contribution >= 0.6 is 11.6 Å². The van der Waals surface area contributed by atoms with Crippen molar-refractivity contribution in [2.45, 2.75) is 56.7 Å². The van der Waals surface area contributed by atoms with Gasteiger partial charge in [0.05, 0.1) is 41.6 Å². The van der Waals surface area contributed by atoms with Crippen molar-refractivity contribution in [3.05, 3.63) is 70.8 Å². The van der Waals surface area contributed by atoms with Gasteiger partial charge < -0.3 is 25.5 Å². The number of nitrogens with one attached hydrogen (secondary N) is 2. The number of hydrogen-bond donors (Lipinski definition) is 3. The number of aliphatic hydroxyl groups is 1. The highest BCUT2D eigenvalue weighted by Crippen LogP contribution is 2.31. The second-order valence-electron chi connectivity index (χ2n) is 13.1. The molecule has 2 aliphatic rings. The molecule has 13 heteroatoms. The van der Waals surface area contributed by atoms with Crippen molar-refractivity contribution in [3.8, 4) is 0 Å². The van der Waals surface area contributed by atoms with E-state index in [0.29, 0.717) is 90.1 Å². The van der Waals surface area contributed by atoms with Crippen molar-refractivity contribution in [1.82, 2.24) is 24.7 Å². The lowest BCUT2D eigenvalue weighted by Gasteiger charge is -2.40. The number of likely N-dealkylation sites (tertiary alicyclic amines) is 1. The topological polar surface area (TPSA) is 149 Å². The fourth-order valence-corrected chi connectivity index (χ4v) is 6.66. The van der Waals surface area contributed by atoms with Crippen LogP contribution < -0.4 is 16.2 Å². The van der Waals surface area contributed by atoms with Gasteiger partial charge in [0, 0.05) is 46.9 Å². The summed E-state index contributed by atoms with van der Waals surface area (Å²) in [6.07, 6.45) is 4.79. The van der Waals surface area contributed by atoms with Gasteiger partial charge >= 0.3 is 0 Å². The number of amides is 3. The summed E-state index contributed by atoms with van der Waals surface area (Å²) in [4.78, 5) is 63.6. The summed E-state index contributed by atoms with van der Waals surface area (Å²) in [6, 6.07) is 9.92. The van der Waals surface area contributed by atoms with Crippen LogP contribution in [-0.2, 0) is 16.1 Å². The number of aromatic nitrogens is 2. The van der Waals surface area contributed by atoms with Gasteiger partial charge in [-0.05, 0) is 89.7 Å². The molecule has 1 aliphatic carbocycles. The predicted molar refractivity (Wildman–Crippen MR) is 188 cm³/mol. The smallest absolute Gasteiger partial charge is 0.261 e. The normalized spacial score (nSPS) is 19.1. The maximum absolute atomic E-state index is 13.4. The number of fused-ring (bicyclic) bond motifs is 1. The van der Waals surface area contributed by atoms with Gasteiger partial charge in [0.25, 0.3) is 11.5 Å². The van der Waals surface area contributed by atoms with Crippen molar-refractivity contribution < 1.29 is 19.5 Å². The third-order valence-electron chi connectivity index (χ3n) is 9.17. The average Bonchev–Trinajstić information content (AvgIpc) is 3.05. The van der Waals surface area contributed by atoms with E-state index in [1.807, 2.05) is 4.90 Å². The first-order valence-electron chi connectivity index (χ1n) is 16.1. The number of rotatable bonds is 10. The summed E-state index contributed by atoms with van der Waals surface area (Å²) in [5.41, 5.74) is 1.13. The van der Waals surface area contributed by atoms with Crippen molar-refractivity contribution >= 4 is 63.3 Å². The van der Waals surface area contributed by atoms with Crippen LogP contribution in [0.15, 0.2) is 59.1 Å². The lowest BCUT2D eigenvalue weighted by atomic mass is 9.84. The van der Waals surface area contributed by atoms with Gasteiger partial charge in [-0.15, -0.1) is 0 Å². The van der Waals surface area contributed by atoms with Gasteiger partial charge in [0.1, 0.15) is 0 Å². The van der Waals surface area contributed by atoms with Crippen LogP contribution in [0.1, 0.15) is 54.4 Å². The largest absolute Gasteiger partial charge is 0.388 e. The zero-order valence-electron chi connectivity index (χ0n) is 27.4. The average molecular weight is 676 g/mol. The molecule has 0 radical (unpaired) electrons. The number of benzene rings is 2. The molecular weight excluding hydrogens is 634 g/mol. The highest BCUT2D eigenvalue weighted by molar-refractivity contribution is 6.48. The predicted octanol–water partition coefficient (Wildman–Crippen LogP) is 3.78. The van der Waals surface area contributed by atoms with Gasteiger partial charge in [0.15, 0.2) is 0 Å². The fourth-order valence-electron chi connectivity index (χ4n) is 6.50. The molecule has 1 aromatic heterocycles. The molecule has 3 aromatic rings. The molecule has 0 spiro atoms. The van der Waals surface area contributed by atoms with E-state index >= 15 is 0 Å². The number of halogens is 1. The van der Waals surface area contributed by atoms with E-state index in [1.54, 1.807) is 55.4 Å². The zero-order valence-corrected chi connectivity index (χ0v) is 28.1. The van der Waals surface area contributed by atoms with E-state index in [1.165, 1.54) is 10.9 Å². The Bertz CT molecular complexity index is 1790. The number of anilines is 1. The Hall–Kier alpha value is -4.39. The highest BCUT2D eigenvalue weighted by atomic mass is 35.5. The van der Waals surface area contributed by atoms with Crippen LogP contribution in [0, 0.1) is 5.92 Å². The van der Waals surface area contributed by atoms with E-state index in [2.05, 4.69) is 33.9 Å². The first-order chi connectivity index (χ1) is 22.9. The molecule has 1 saturated carbocycles. The molecule has 0 unspecified atom stereocenters. The van der Waals surface area contributed by atoms with Crippen LogP contribution in [0.3, 0.4) is 0 Å². The summed E-state index contributed by atoms with van der Waals surface area (Å²) < 4.78 is 1.41. The first-order valence-corrected chi connectivity index (χ1v) is 16.4. The Morgan fingerprint density at radius 2 is 1.81 bits per heavy atom. The number of nitrogens with zero attached hydrogens (tertiary/aromatic N) is 5. The van der Waals surface area contributed by atoms with Gasteiger partial charge in [-0.3, -0.25) is 28.7 Å². The lowest BCUT2D eigenvalue weighted by Crippen LogP contribution is -2.51. The molecular formula is C35H42ClN7O5. The maximum atomic E-state index is 13.4. The number of likely N-dealkylation sites (N-methyl/N-ethyl adjacent to an activating group) is 1. The van der Waals surface area contributed by atoms with Crippen molar-refractivity contribution in [2.24, 2.45) is 10.9 Å². The Kier molecular flexibility index (Phi) is 10.8. The summed E-state index contributed by atoms with van der Waals surface area (Å²) in [5.74, 6) is -0.459. The number of hydrogen-bond acceptors (Lipinski definition) is 8. The van der Waals surface area contributed by atoms with Crippen LogP contribution in [0.25, 0.3) is 15.9 Å². The third-order valence-corrected chi connectivity index (χ3v) is 9.38. The quantitative estimate of drug-likeness (QED) is 0.277. The molecule has 12 nitrogen and oxygen atoms in total. The first kappa shape index (κ1) is 34.9. The van der Waals surface area contributed by atoms with Crippen LogP contribution in [0.4, 0.5) is 11.4 Å². The molecule has 48 heavy (non-hydrogen) atoms.